The third kappa shape index (κ3) is 5.45. The van der Waals surface area contributed by atoms with Crippen LogP contribution in [0.5, 0.6) is 0 Å². The first kappa shape index (κ1) is 12.2. The summed E-state index contributed by atoms with van der Waals surface area (Å²) < 4.78 is 0. The normalized spacial score (nSPS) is 9.69. The number of allylic oxidation sites excluding steroid dienone is 1. The predicted octanol–water partition coefficient (Wildman–Crippen LogP) is 2.60. The number of rotatable bonds is 8. The number of carbonyl (C=O) groups is 1. The van der Waals surface area contributed by atoms with Gasteiger partial charge in [0.15, 0.2) is 6.29 Å². The highest BCUT2D eigenvalue weighted by molar-refractivity contribution is 5.71. The highest BCUT2D eigenvalue weighted by Crippen LogP contribution is 2.04. The molecule has 0 saturated carbocycles. The molecule has 0 spiro atoms. The fourth-order valence-corrected chi connectivity index (χ4v) is 1.17. The van der Waals surface area contributed by atoms with Crippen LogP contribution in [0, 0.1) is 0 Å². The monoisotopic (exact) mass is 183 g/mol. The van der Waals surface area contributed by atoms with E-state index in [9.17, 15) is 4.79 Å². The Labute approximate surface area is 81.6 Å². The van der Waals surface area contributed by atoms with Crippen LogP contribution < -0.4 is 0 Å². The molecule has 0 bridgehead atoms. The summed E-state index contributed by atoms with van der Waals surface area (Å²) in [4.78, 5) is 12.6. The van der Waals surface area contributed by atoms with Gasteiger partial charge in [-0.25, -0.2) is 0 Å². The second kappa shape index (κ2) is 7.84. The molecular formula is C11H21NO. The van der Waals surface area contributed by atoms with Crippen molar-refractivity contribution in [2.75, 3.05) is 13.1 Å². The summed E-state index contributed by atoms with van der Waals surface area (Å²) in [7, 11) is 0. The van der Waals surface area contributed by atoms with Crippen LogP contribution in [0.15, 0.2) is 12.3 Å². The minimum Gasteiger partial charge on any atom is -0.369 e. The second-order valence-electron chi connectivity index (χ2n) is 3.30. The van der Waals surface area contributed by atoms with Crippen LogP contribution in [-0.4, -0.2) is 24.3 Å². The molecule has 0 amide bonds. The molecular weight excluding hydrogens is 162 g/mol. The van der Waals surface area contributed by atoms with E-state index < -0.39 is 0 Å². The lowest BCUT2D eigenvalue weighted by Gasteiger charge is -2.23. The Kier molecular flexibility index (Phi) is 7.36. The Bertz CT molecular complexity index is 146. The topological polar surface area (TPSA) is 20.3 Å². The van der Waals surface area contributed by atoms with Crippen LogP contribution in [0.4, 0.5) is 0 Å². The van der Waals surface area contributed by atoms with Crippen molar-refractivity contribution in [3.8, 4) is 0 Å². The average Bonchev–Trinajstić information content (AvgIpc) is 2.17. The van der Waals surface area contributed by atoms with Gasteiger partial charge in [-0.1, -0.05) is 33.3 Å². The summed E-state index contributed by atoms with van der Waals surface area (Å²) in [5.41, 5.74) is 0.627. The SMILES string of the molecule is C=C(C=O)N(CCCC)CCCC. The number of hydrogen-bond acceptors (Lipinski definition) is 2. The molecule has 76 valence electrons. The first-order valence-corrected chi connectivity index (χ1v) is 5.15. The maximum Gasteiger partial charge on any atom is 0.165 e. The van der Waals surface area contributed by atoms with E-state index in [0.717, 1.165) is 45.1 Å². The largest absolute Gasteiger partial charge is 0.369 e. The zero-order chi connectivity index (χ0) is 10.1. The van der Waals surface area contributed by atoms with E-state index in [1.54, 1.807) is 0 Å². The molecule has 0 atom stereocenters. The predicted molar refractivity (Wildman–Crippen MR) is 56.6 cm³/mol. The van der Waals surface area contributed by atoms with Crippen LogP contribution >= 0.6 is 0 Å². The summed E-state index contributed by atoms with van der Waals surface area (Å²) in [6, 6.07) is 0. The highest BCUT2D eigenvalue weighted by atomic mass is 16.1. The molecule has 0 fully saturated rings. The first-order valence-electron chi connectivity index (χ1n) is 5.15. The van der Waals surface area contributed by atoms with Crippen LogP contribution in [-0.2, 0) is 4.79 Å². The number of aldehydes is 1. The van der Waals surface area contributed by atoms with Crippen molar-refractivity contribution in [3.05, 3.63) is 12.3 Å². The molecule has 0 N–H and O–H groups in total. The zero-order valence-corrected chi connectivity index (χ0v) is 8.88. The van der Waals surface area contributed by atoms with E-state index in [1.807, 2.05) is 0 Å². The van der Waals surface area contributed by atoms with Gasteiger partial charge < -0.3 is 4.90 Å². The smallest absolute Gasteiger partial charge is 0.165 e. The Balaban J connectivity index is 3.86. The van der Waals surface area contributed by atoms with Gasteiger partial charge in [0.05, 0.1) is 5.70 Å². The van der Waals surface area contributed by atoms with Crippen molar-refractivity contribution in [1.29, 1.82) is 0 Å². The molecule has 0 radical (unpaired) electrons. The van der Waals surface area contributed by atoms with Crippen LogP contribution in [0.25, 0.3) is 0 Å². The summed E-state index contributed by atoms with van der Waals surface area (Å²) in [5, 5.41) is 0. The van der Waals surface area contributed by atoms with Gasteiger partial charge in [0.25, 0.3) is 0 Å². The van der Waals surface area contributed by atoms with Gasteiger partial charge in [0.1, 0.15) is 0 Å². The second-order valence-corrected chi connectivity index (χ2v) is 3.30. The van der Waals surface area contributed by atoms with Gasteiger partial charge in [0, 0.05) is 13.1 Å². The Morgan fingerprint density at radius 1 is 1.23 bits per heavy atom. The van der Waals surface area contributed by atoms with Crippen molar-refractivity contribution >= 4 is 6.29 Å². The van der Waals surface area contributed by atoms with Crippen molar-refractivity contribution in [2.45, 2.75) is 39.5 Å². The van der Waals surface area contributed by atoms with Gasteiger partial charge in [-0.15, -0.1) is 0 Å². The Morgan fingerprint density at radius 3 is 2.00 bits per heavy atom. The Hall–Kier alpha value is -0.790. The van der Waals surface area contributed by atoms with Gasteiger partial charge >= 0.3 is 0 Å². The molecule has 0 saturated heterocycles. The number of nitrogens with zero attached hydrogens (tertiary/aromatic N) is 1. The number of unbranched alkanes of at least 4 members (excludes halogenated alkanes) is 2. The van der Waals surface area contributed by atoms with Gasteiger partial charge in [-0.05, 0) is 12.8 Å². The molecule has 0 aromatic heterocycles. The lowest BCUT2D eigenvalue weighted by Crippen LogP contribution is -2.25. The van der Waals surface area contributed by atoms with Crippen LogP contribution in [0.1, 0.15) is 39.5 Å². The molecule has 0 aromatic rings. The van der Waals surface area contributed by atoms with Crippen molar-refractivity contribution in [2.24, 2.45) is 0 Å². The maximum atomic E-state index is 10.5. The van der Waals surface area contributed by atoms with E-state index >= 15 is 0 Å². The van der Waals surface area contributed by atoms with Gasteiger partial charge in [-0.3, -0.25) is 4.79 Å². The fourth-order valence-electron chi connectivity index (χ4n) is 1.17. The third-order valence-corrected chi connectivity index (χ3v) is 2.11. The van der Waals surface area contributed by atoms with Crippen molar-refractivity contribution < 1.29 is 4.79 Å². The number of hydrogen-bond donors (Lipinski definition) is 0. The average molecular weight is 183 g/mol. The summed E-state index contributed by atoms with van der Waals surface area (Å²) in [5.74, 6) is 0. The summed E-state index contributed by atoms with van der Waals surface area (Å²) >= 11 is 0. The van der Waals surface area contributed by atoms with Crippen LogP contribution in [0.2, 0.25) is 0 Å². The van der Waals surface area contributed by atoms with Gasteiger partial charge in [-0.2, -0.15) is 0 Å². The molecule has 0 aliphatic carbocycles. The Morgan fingerprint density at radius 2 is 1.69 bits per heavy atom. The molecule has 0 rings (SSSR count). The molecule has 2 heteroatoms. The van der Waals surface area contributed by atoms with E-state index in [4.69, 9.17) is 0 Å². The molecule has 0 aromatic carbocycles. The molecule has 0 heterocycles. The quantitative estimate of drug-likeness (QED) is 0.426. The summed E-state index contributed by atoms with van der Waals surface area (Å²) in [6.07, 6.45) is 5.45. The molecule has 0 aliphatic rings. The third-order valence-electron chi connectivity index (χ3n) is 2.11. The highest BCUT2D eigenvalue weighted by Gasteiger charge is 2.04. The van der Waals surface area contributed by atoms with E-state index in [1.165, 1.54) is 0 Å². The molecule has 13 heavy (non-hydrogen) atoms. The maximum absolute atomic E-state index is 10.5. The minimum absolute atomic E-state index is 0.627. The lowest BCUT2D eigenvalue weighted by atomic mass is 10.2. The van der Waals surface area contributed by atoms with E-state index in [0.29, 0.717) is 5.70 Å². The van der Waals surface area contributed by atoms with E-state index in [2.05, 4.69) is 25.3 Å². The molecule has 2 nitrogen and oxygen atoms in total. The van der Waals surface area contributed by atoms with Gasteiger partial charge in [0.2, 0.25) is 0 Å². The number of carbonyl (C=O) groups excluding carboxylic acids is 1. The van der Waals surface area contributed by atoms with Crippen LogP contribution in [0.3, 0.4) is 0 Å². The zero-order valence-electron chi connectivity index (χ0n) is 8.88. The standard InChI is InChI=1S/C11H21NO/c1-4-6-8-12(9-7-5-2)11(3)10-13/h10H,3-9H2,1-2H3. The molecule has 0 aliphatic heterocycles. The lowest BCUT2D eigenvalue weighted by molar-refractivity contribution is -0.106. The van der Waals surface area contributed by atoms with Crippen molar-refractivity contribution in [3.63, 3.8) is 0 Å². The summed E-state index contributed by atoms with van der Waals surface area (Å²) in [6.45, 7) is 9.98. The molecule has 0 unspecified atom stereocenters. The van der Waals surface area contributed by atoms with Crippen molar-refractivity contribution in [1.82, 2.24) is 4.90 Å². The first-order chi connectivity index (χ1) is 6.26. The fraction of sp³-hybridized carbons (Fsp3) is 0.727. The minimum atomic E-state index is 0.627. The van der Waals surface area contributed by atoms with E-state index in [-0.39, 0.29) is 0 Å².